The van der Waals surface area contributed by atoms with E-state index in [4.69, 9.17) is 4.98 Å². The van der Waals surface area contributed by atoms with Gasteiger partial charge in [-0.05, 0) is 25.7 Å². The molecule has 0 atom stereocenters. The Morgan fingerprint density at radius 1 is 1.08 bits per heavy atom. The zero-order chi connectivity index (χ0) is 18.3. The van der Waals surface area contributed by atoms with Gasteiger partial charge in [0.15, 0.2) is 5.65 Å². The minimum absolute atomic E-state index is 0.138. The summed E-state index contributed by atoms with van der Waals surface area (Å²) in [6.45, 7) is 2.04. The SMILES string of the molecule is CCc1nc2c(c(=O)c3c(n2C)=CCCC=3)c(=O)n1C1CCCCCC1. The maximum absolute atomic E-state index is 13.5. The fraction of sp³-hybridized carbons (Fsp3) is 0.571. The van der Waals surface area contributed by atoms with E-state index in [-0.39, 0.29) is 22.4 Å². The van der Waals surface area contributed by atoms with Crippen molar-refractivity contribution in [2.24, 2.45) is 7.05 Å². The molecular weight excluding hydrogens is 326 g/mol. The predicted molar refractivity (Wildman–Crippen MR) is 105 cm³/mol. The quantitative estimate of drug-likeness (QED) is 0.775. The van der Waals surface area contributed by atoms with E-state index in [0.717, 1.165) is 49.7 Å². The molecular formula is C21H27N3O2. The molecule has 26 heavy (non-hydrogen) atoms. The van der Waals surface area contributed by atoms with Crippen LogP contribution >= 0.6 is 0 Å². The lowest BCUT2D eigenvalue weighted by atomic mass is 10.1. The van der Waals surface area contributed by atoms with E-state index in [0.29, 0.717) is 17.3 Å². The Labute approximate surface area is 152 Å². The Balaban J connectivity index is 2.09. The van der Waals surface area contributed by atoms with Crippen LogP contribution in [0, 0.1) is 0 Å². The van der Waals surface area contributed by atoms with Gasteiger partial charge < -0.3 is 4.57 Å². The fourth-order valence-electron chi connectivity index (χ4n) is 4.59. The zero-order valence-corrected chi connectivity index (χ0v) is 15.8. The number of rotatable bonds is 2. The van der Waals surface area contributed by atoms with Crippen LogP contribution in [0.1, 0.15) is 70.2 Å². The fourth-order valence-corrected chi connectivity index (χ4v) is 4.59. The summed E-state index contributed by atoms with van der Waals surface area (Å²) in [4.78, 5) is 31.4. The molecule has 1 fully saturated rings. The number of pyridine rings is 1. The average Bonchev–Trinajstić information content (AvgIpc) is 2.94. The third-order valence-electron chi connectivity index (χ3n) is 5.95. The van der Waals surface area contributed by atoms with Crippen molar-refractivity contribution >= 4 is 23.2 Å². The first-order valence-electron chi connectivity index (χ1n) is 9.98. The van der Waals surface area contributed by atoms with E-state index in [1.54, 1.807) is 0 Å². The number of nitrogens with zero attached hydrogens (tertiary/aromatic N) is 3. The van der Waals surface area contributed by atoms with Crippen molar-refractivity contribution in [1.82, 2.24) is 14.1 Å². The van der Waals surface area contributed by atoms with E-state index in [1.165, 1.54) is 12.8 Å². The van der Waals surface area contributed by atoms with Gasteiger partial charge in [-0.1, -0.05) is 44.8 Å². The van der Waals surface area contributed by atoms with Crippen LogP contribution in [-0.2, 0) is 13.5 Å². The smallest absolute Gasteiger partial charge is 0.267 e. The highest BCUT2D eigenvalue weighted by atomic mass is 16.1. The molecule has 0 N–H and O–H groups in total. The van der Waals surface area contributed by atoms with Gasteiger partial charge in [-0.15, -0.1) is 0 Å². The molecule has 138 valence electrons. The highest BCUT2D eigenvalue weighted by molar-refractivity contribution is 5.74. The number of hydrogen-bond acceptors (Lipinski definition) is 3. The second-order valence-corrected chi connectivity index (χ2v) is 7.57. The van der Waals surface area contributed by atoms with Crippen molar-refractivity contribution in [3.63, 3.8) is 0 Å². The third-order valence-corrected chi connectivity index (χ3v) is 5.95. The molecule has 5 heteroatoms. The summed E-state index contributed by atoms with van der Waals surface area (Å²) >= 11 is 0. The molecule has 0 aliphatic heterocycles. The molecule has 0 spiro atoms. The Morgan fingerprint density at radius 2 is 1.77 bits per heavy atom. The summed E-state index contributed by atoms with van der Waals surface area (Å²) in [5, 5.41) is 1.83. The van der Waals surface area contributed by atoms with E-state index in [9.17, 15) is 9.59 Å². The van der Waals surface area contributed by atoms with Gasteiger partial charge in [-0.2, -0.15) is 0 Å². The van der Waals surface area contributed by atoms with E-state index < -0.39 is 0 Å². The van der Waals surface area contributed by atoms with Crippen LogP contribution in [0.25, 0.3) is 23.2 Å². The normalized spacial score (nSPS) is 18.1. The number of hydrogen-bond donors (Lipinski definition) is 0. The van der Waals surface area contributed by atoms with Gasteiger partial charge in [0, 0.05) is 30.1 Å². The molecule has 5 nitrogen and oxygen atoms in total. The summed E-state index contributed by atoms with van der Waals surface area (Å²) in [6, 6.07) is 0.174. The molecule has 0 amide bonds. The Bertz CT molecular complexity index is 1080. The van der Waals surface area contributed by atoms with Gasteiger partial charge >= 0.3 is 0 Å². The number of aryl methyl sites for hydroxylation is 2. The van der Waals surface area contributed by atoms with Crippen molar-refractivity contribution in [2.45, 2.75) is 70.8 Å². The van der Waals surface area contributed by atoms with Gasteiger partial charge in [0.05, 0.1) is 0 Å². The second kappa shape index (κ2) is 6.86. The van der Waals surface area contributed by atoms with Crippen LogP contribution in [0.2, 0.25) is 0 Å². The van der Waals surface area contributed by atoms with Crippen molar-refractivity contribution in [2.75, 3.05) is 0 Å². The van der Waals surface area contributed by atoms with E-state index in [2.05, 4.69) is 6.08 Å². The van der Waals surface area contributed by atoms with Crippen LogP contribution in [0.15, 0.2) is 9.59 Å². The van der Waals surface area contributed by atoms with Crippen molar-refractivity contribution in [1.29, 1.82) is 0 Å². The molecule has 2 aliphatic carbocycles. The molecule has 2 aliphatic rings. The third kappa shape index (κ3) is 2.65. The number of aromatic nitrogens is 3. The first-order chi connectivity index (χ1) is 12.6. The van der Waals surface area contributed by atoms with Crippen LogP contribution in [0.3, 0.4) is 0 Å². The lowest BCUT2D eigenvalue weighted by Gasteiger charge is -2.22. The van der Waals surface area contributed by atoms with E-state index in [1.807, 2.05) is 29.2 Å². The summed E-state index contributed by atoms with van der Waals surface area (Å²) in [7, 11) is 1.91. The molecule has 0 aromatic carbocycles. The van der Waals surface area contributed by atoms with Gasteiger partial charge in [0.1, 0.15) is 11.2 Å². The van der Waals surface area contributed by atoms with Crippen LogP contribution in [-0.4, -0.2) is 14.1 Å². The Kier molecular flexibility index (Phi) is 4.55. The van der Waals surface area contributed by atoms with Crippen LogP contribution in [0.4, 0.5) is 0 Å². The van der Waals surface area contributed by atoms with Gasteiger partial charge in [0.25, 0.3) is 5.56 Å². The maximum Gasteiger partial charge on any atom is 0.267 e. The second-order valence-electron chi connectivity index (χ2n) is 7.57. The lowest BCUT2D eigenvalue weighted by Crippen LogP contribution is -2.48. The monoisotopic (exact) mass is 353 g/mol. The molecule has 0 unspecified atom stereocenters. The molecule has 4 rings (SSSR count). The number of fused-ring (bicyclic) bond motifs is 2. The van der Waals surface area contributed by atoms with Crippen molar-refractivity contribution in [3.05, 3.63) is 37.0 Å². The molecule has 1 saturated carbocycles. The highest BCUT2D eigenvalue weighted by Gasteiger charge is 2.22. The maximum atomic E-state index is 13.5. The summed E-state index contributed by atoms with van der Waals surface area (Å²) in [6.07, 6.45) is 13.3. The molecule has 2 aromatic heterocycles. The minimum Gasteiger partial charge on any atom is -0.328 e. The zero-order valence-electron chi connectivity index (χ0n) is 15.8. The average molecular weight is 353 g/mol. The Morgan fingerprint density at radius 3 is 2.46 bits per heavy atom. The molecule has 2 aromatic rings. The van der Waals surface area contributed by atoms with Gasteiger partial charge in [-0.25, -0.2) is 4.98 Å². The van der Waals surface area contributed by atoms with Crippen molar-refractivity contribution < 1.29 is 0 Å². The topological polar surface area (TPSA) is 56.9 Å². The highest BCUT2D eigenvalue weighted by Crippen LogP contribution is 2.27. The Hall–Kier alpha value is -2.17. The molecule has 0 radical (unpaired) electrons. The lowest BCUT2D eigenvalue weighted by molar-refractivity contribution is 0.415. The van der Waals surface area contributed by atoms with Crippen molar-refractivity contribution in [3.8, 4) is 0 Å². The molecule has 0 bridgehead atoms. The van der Waals surface area contributed by atoms with Crippen LogP contribution < -0.4 is 21.6 Å². The summed E-state index contributed by atoms with van der Waals surface area (Å²) in [5.74, 6) is 0.809. The van der Waals surface area contributed by atoms with Gasteiger partial charge in [0.2, 0.25) is 5.43 Å². The largest absolute Gasteiger partial charge is 0.328 e. The molecule has 2 heterocycles. The van der Waals surface area contributed by atoms with Gasteiger partial charge in [-0.3, -0.25) is 14.2 Å². The first kappa shape index (κ1) is 17.3. The standard InChI is InChI=1S/C21H27N3O2/c1-3-17-22-20-18(19(25)15-12-8-9-13-16(15)23(20)2)21(26)24(17)14-10-6-4-5-7-11-14/h12-14H,3-11H2,1-2H3. The van der Waals surface area contributed by atoms with Crippen LogP contribution in [0.5, 0.6) is 0 Å². The first-order valence-corrected chi connectivity index (χ1v) is 9.98. The minimum atomic E-state index is -0.147. The summed E-state index contributed by atoms with van der Waals surface area (Å²) in [5.41, 5.74) is 0.250. The van der Waals surface area contributed by atoms with E-state index >= 15 is 0 Å². The predicted octanol–water partition coefficient (Wildman–Crippen LogP) is 1.91. The summed E-state index contributed by atoms with van der Waals surface area (Å²) < 4.78 is 3.79. The molecule has 0 saturated heterocycles.